The summed E-state index contributed by atoms with van der Waals surface area (Å²) in [5.74, 6) is 0. The van der Waals surface area contributed by atoms with Crippen molar-refractivity contribution < 1.29 is 0 Å². The van der Waals surface area contributed by atoms with Crippen LogP contribution in [-0.4, -0.2) is 18.7 Å². The summed E-state index contributed by atoms with van der Waals surface area (Å²) >= 11 is 4.97. The Kier molecular flexibility index (Phi) is 8.01. The maximum atomic E-state index is 4.97. The average molecular weight is 226 g/mol. The van der Waals surface area contributed by atoms with Crippen LogP contribution in [-0.2, 0) is 0 Å². The van der Waals surface area contributed by atoms with Crippen molar-refractivity contribution in [3.8, 4) is 0 Å². The molecule has 0 aromatic rings. The van der Waals surface area contributed by atoms with Crippen LogP contribution < -0.4 is 10.6 Å². The molecule has 0 saturated heterocycles. The molecule has 0 bridgehead atoms. The van der Waals surface area contributed by atoms with Crippen molar-refractivity contribution in [3.63, 3.8) is 0 Å². The molecule has 0 aromatic heterocycles. The van der Waals surface area contributed by atoms with E-state index in [1.165, 1.54) is 11.1 Å². The van der Waals surface area contributed by atoms with E-state index in [0.717, 1.165) is 19.4 Å². The second-order valence-corrected chi connectivity index (χ2v) is 4.24. The average Bonchev–Trinajstić information content (AvgIpc) is 2.17. The zero-order valence-electron chi connectivity index (χ0n) is 10.2. The summed E-state index contributed by atoms with van der Waals surface area (Å²) in [5.41, 5.74) is 2.79. The van der Waals surface area contributed by atoms with Crippen molar-refractivity contribution in [1.82, 2.24) is 10.6 Å². The van der Waals surface area contributed by atoms with Crippen LogP contribution in [0, 0.1) is 0 Å². The van der Waals surface area contributed by atoms with E-state index in [0.29, 0.717) is 5.11 Å². The first-order chi connectivity index (χ1) is 7.06. The van der Waals surface area contributed by atoms with Gasteiger partial charge in [0, 0.05) is 13.6 Å². The molecular weight excluding hydrogens is 204 g/mol. The van der Waals surface area contributed by atoms with Gasteiger partial charge in [-0.15, -0.1) is 0 Å². The fraction of sp³-hybridized carbons (Fsp3) is 0.583. The Bertz CT molecular complexity index is 250. The van der Waals surface area contributed by atoms with E-state index in [9.17, 15) is 0 Å². The molecule has 0 radical (unpaired) electrons. The van der Waals surface area contributed by atoms with Crippen LogP contribution in [0.25, 0.3) is 0 Å². The lowest BCUT2D eigenvalue weighted by molar-refractivity contribution is 0.931. The summed E-state index contributed by atoms with van der Waals surface area (Å²) in [5, 5.41) is 6.67. The van der Waals surface area contributed by atoms with Crippen molar-refractivity contribution in [2.75, 3.05) is 13.6 Å². The van der Waals surface area contributed by atoms with E-state index in [-0.39, 0.29) is 0 Å². The van der Waals surface area contributed by atoms with Crippen molar-refractivity contribution in [1.29, 1.82) is 0 Å². The smallest absolute Gasteiger partial charge is 0.166 e. The van der Waals surface area contributed by atoms with E-state index in [4.69, 9.17) is 12.2 Å². The molecule has 0 atom stereocenters. The normalized spacial score (nSPS) is 10.8. The summed E-state index contributed by atoms with van der Waals surface area (Å²) < 4.78 is 0. The molecule has 0 aliphatic carbocycles. The standard InChI is InChI=1S/C12H22N2S/c1-10(2)6-5-7-11(3)8-9-14-12(15)13-4/h6,8H,5,7,9H2,1-4H3,(H2,13,14,15). The van der Waals surface area contributed by atoms with Crippen LogP contribution in [0.1, 0.15) is 33.6 Å². The first-order valence-electron chi connectivity index (χ1n) is 5.31. The van der Waals surface area contributed by atoms with E-state index in [2.05, 4.69) is 43.6 Å². The van der Waals surface area contributed by atoms with E-state index >= 15 is 0 Å². The number of hydrogen-bond acceptors (Lipinski definition) is 1. The minimum absolute atomic E-state index is 0.698. The minimum Gasteiger partial charge on any atom is -0.366 e. The third kappa shape index (κ3) is 9.47. The van der Waals surface area contributed by atoms with Crippen LogP contribution in [0.4, 0.5) is 0 Å². The first-order valence-corrected chi connectivity index (χ1v) is 5.71. The monoisotopic (exact) mass is 226 g/mol. The zero-order valence-corrected chi connectivity index (χ0v) is 11.0. The molecule has 15 heavy (non-hydrogen) atoms. The van der Waals surface area contributed by atoms with Gasteiger partial charge in [-0.05, 0) is 45.8 Å². The molecule has 0 aliphatic heterocycles. The molecule has 0 rings (SSSR count). The van der Waals surface area contributed by atoms with E-state index < -0.39 is 0 Å². The molecule has 0 spiro atoms. The third-order valence-electron chi connectivity index (χ3n) is 2.03. The van der Waals surface area contributed by atoms with Gasteiger partial charge in [0.05, 0.1) is 0 Å². The quantitative estimate of drug-likeness (QED) is 0.557. The van der Waals surface area contributed by atoms with Gasteiger partial charge < -0.3 is 10.6 Å². The molecule has 0 fully saturated rings. The van der Waals surface area contributed by atoms with Gasteiger partial charge in [-0.25, -0.2) is 0 Å². The first kappa shape index (κ1) is 14.2. The number of hydrogen-bond donors (Lipinski definition) is 2. The van der Waals surface area contributed by atoms with Gasteiger partial charge in [0.1, 0.15) is 0 Å². The van der Waals surface area contributed by atoms with Gasteiger partial charge in [0.15, 0.2) is 5.11 Å². The molecule has 0 aliphatic rings. The van der Waals surface area contributed by atoms with E-state index in [1.54, 1.807) is 0 Å². The maximum Gasteiger partial charge on any atom is 0.166 e. The number of thiocarbonyl (C=S) groups is 1. The van der Waals surface area contributed by atoms with Crippen molar-refractivity contribution >= 4 is 17.3 Å². The highest BCUT2D eigenvalue weighted by molar-refractivity contribution is 7.80. The Hall–Kier alpha value is -0.830. The lowest BCUT2D eigenvalue weighted by Crippen LogP contribution is -2.32. The summed E-state index contributed by atoms with van der Waals surface area (Å²) in [6.45, 7) is 7.22. The SMILES string of the molecule is CNC(=S)NCC=C(C)CCC=C(C)C. The topological polar surface area (TPSA) is 24.1 Å². The zero-order chi connectivity index (χ0) is 11.7. The molecular formula is C12H22N2S. The Morgan fingerprint density at radius 2 is 1.87 bits per heavy atom. The van der Waals surface area contributed by atoms with Gasteiger partial charge in [-0.3, -0.25) is 0 Å². The Balaban J connectivity index is 3.70. The summed E-state index contributed by atoms with van der Waals surface area (Å²) in [6, 6.07) is 0. The minimum atomic E-state index is 0.698. The van der Waals surface area contributed by atoms with Crippen LogP contribution in [0.3, 0.4) is 0 Å². The highest BCUT2D eigenvalue weighted by atomic mass is 32.1. The highest BCUT2D eigenvalue weighted by Gasteiger charge is 1.90. The molecule has 86 valence electrons. The molecule has 0 aromatic carbocycles. The number of allylic oxidation sites excluding steroid dienone is 3. The van der Waals surface area contributed by atoms with Crippen LogP contribution in [0.15, 0.2) is 23.3 Å². The van der Waals surface area contributed by atoms with Crippen molar-refractivity contribution in [2.24, 2.45) is 0 Å². The van der Waals surface area contributed by atoms with Crippen LogP contribution >= 0.6 is 12.2 Å². The fourth-order valence-electron chi connectivity index (χ4n) is 1.10. The largest absolute Gasteiger partial charge is 0.366 e. The molecule has 3 heteroatoms. The molecule has 0 amide bonds. The Morgan fingerprint density at radius 1 is 1.20 bits per heavy atom. The van der Waals surface area contributed by atoms with E-state index in [1.807, 2.05) is 7.05 Å². The molecule has 0 saturated carbocycles. The predicted molar refractivity (Wildman–Crippen MR) is 72.1 cm³/mol. The van der Waals surface area contributed by atoms with Gasteiger partial charge in [0.25, 0.3) is 0 Å². The van der Waals surface area contributed by atoms with Gasteiger partial charge in [-0.1, -0.05) is 23.3 Å². The van der Waals surface area contributed by atoms with Crippen molar-refractivity contribution in [2.45, 2.75) is 33.6 Å². The van der Waals surface area contributed by atoms with Crippen molar-refractivity contribution in [3.05, 3.63) is 23.3 Å². The van der Waals surface area contributed by atoms with Gasteiger partial charge in [-0.2, -0.15) is 0 Å². The molecule has 0 unspecified atom stereocenters. The Morgan fingerprint density at radius 3 is 2.40 bits per heavy atom. The second kappa shape index (κ2) is 8.48. The van der Waals surface area contributed by atoms with Crippen LogP contribution in [0.5, 0.6) is 0 Å². The second-order valence-electron chi connectivity index (χ2n) is 3.83. The summed E-state index contributed by atoms with van der Waals surface area (Å²) in [4.78, 5) is 0. The molecule has 0 heterocycles. The fourth-order valence-corrected chi connectivity index (χ4v) is 1.18. The summed E-state index contributed by atoms with van der Waals surface area (Å²) in [6.07, 6.45) is 6.70. The predicted octanol–water partition coefficient (Wildman–Crippen LogP) is 2.77. The lowest BCUT2D eigenvalue weighted by Gasteiger charge is -2.04. The molecule has 2 nitrogen and oxygen atoms in total. The Labute approximate surface area is 98.8 Å². The third-order valence-corrected chi connectivity index (χ3v) is 2.38. The number of nitrogens with one attached hydrogen (secondary N) is 2. The van der Waals surface area contributed by atoms with Gasteiger partial charge in [0.2, 0.25) is 0 Å². The number of rotatable bonds is 5. The summed E-state index contributed by atoms with van der Waals surface area (Å²) in [7, 11) is 1.82. The highest BCUT2D eigenvalue weighted by Crippen LogP contribution is 2.05. The lowest BCUT2D eigenvalue weighted by atomic mass is 10.1. The molecule has 2 N–H and O–H groups in total. The van der Waals surface area contributed by atoms with Gasteiger partial charge >= 0.3 is 0 Å². The van der Waals surface area contributed by atoms with Crippen LogP contribution in [0.2, 0.25) is 0 Å². The maximum absolute atomic E-state index is 4.97.